The molecule has 1 aromatic carbocycles. The quantitative estimate of drug-likeness (QED) is 0.804. The monoisotopic (exact) mass is 338 g/mol. The van der Waals surface area contributed by atoms with Crippen molar-refractivity contribution in [2.45, 2.75) is 6.10 Å². The van der Waals surface area contributed by atoms with Crippen molar-refractivity contribution >= 4 is 28.3 Å². The van der Waals surface area contributed by atoms with Crippen LogP contribution < -0.4 is 5.32 Å². The van der Waals surface area contributed by atoms with Crippen LogP contribution in [0.1, 0.15) is 0 Å². The SMILES string of the molecule is CN(C)CC(O)CNc1ccc(F)cc1I. The van der Waals surface area contributed by atoms with Crippen LogP contribution in [0.4, 0.5) is 10.1 Å². The number of hydrogen-bond donors (Lipinski definition) is 2. The van der Waals surface area contributed by atoms with E-state index in [1.54, 1.807) is 6.07 Å². The Morgan fingerprint density at radius 3 is 2.75 bits per heavy atom. The van der Waals surface area contributed by atoms with Gasteiger partial charge in [0.15, 0.2) is 0 Å². The van der Waals surface area contributed by atoms with E-state index in [-0.39, 0.29) is 5.82 Å². The molecule has 0 aliphatic carbocycles. The summed E-state index contributed by atoms with van der Waals surface area (Å²) in [7, 11) is 3.82. The van der Waals surface area contributed by atoms with Crippen LogP contribution in [0.5, 0.6) is 0 Å². The van der Waals surface area contributed by atoms with Gasteiger partial charge in [-0.2, -0.15) is 0 Å². The Morgan fingerprint density at radius 1 is 1.50 bits per heavy atom. The molecule has 0 radical (unpaired) electrons. The first kappa shape index (κ1) is 13.7. The van der Waals surface area contributed by atoms with Gasteiger partial charge in [0.25, 0.3) is 0 Å². The number of likely N-dealkylation sites (N-methyl/N-ethyl adjacent to an activating group) is 1. The Morgan fingerprint density at radius 2 is 2.19 bits per heavy atom. The lowest BCUT2D eigenvalue weighted by molar-refractivity contribution is 0.148. The van der Waals surface area contributed by atoms with Gasteiger partial charge in [0, 0.05) is 22.3 Å². The van der Waals surface area contributed by atoms with Crippen molar-refractivity contribution in [1.29, 1.82) is 0 Å². The van der Waals surface area contributed by atoms with E-state index in [0.29, 0.717) is 13.1 Å². The van der Waals surface area contributed by atoms with E-state index >= 15 is 0 Å². The summed E-state index contributed by atoms with van der Waals surface area (Å²) in [4.78, 5) is 1.92. The highest BCUT2D eigenvalue weighted by Gasteiger charge is 2.06. The maximum Gasteiger partial charge on any atom is 0.124 e. The highest BCUT2D eigenvalue weighted by atomic mass is 127. The van der Waals surface area contributed by atoms with Crippen LogP contribution in [-0.4, -0.2) is 43.3 Å². The maximum atomic E-state index is 12.8. The molecule has 0 saturated carbocycles. The topological polar surface area (TPSA) is 35.5 Å². The fraction of sp³-hybridized carbons (Fsp3) is 0.455. The Kier molecular flexibility index (Phi) is 5.43. The summed E-state index contributed by atoms with van der Waals surface area (Å²) in [5, 5.41) is 12.7. The number of hydrogen-bond acceptors (Lipinski definition) is 3. The van der Waals surface area contributed by atoms with E-state index < -0.39 is 6.10 Å². The van der Waals surface area contributed by atoms with Crippen molar-refractivity contribution < 1.29 is 9.50 Å². The van der Waals surface area contributed by atoms with E-state index in [1.807, 2.05) is 19.0 Å². The summed E-state index contributed by atoms with van der Waals surface area (Å²) < 4.78 is 13.6. The summed E-state index contributed by atoms with van der Waals surface area (Å²) in [6, 6.07) is 4.55. The Balaban J connectivity index is 2.48. The molecule has 0 spiro atoms. The molecule has 2 N–H and O–H groups in total. The molecule has 1 atom stereocenters. The van der Waals surface area contributed by atoms with Gasteiger partial charge in [0.1, 0.15) is 5.82 Å². The molecule has 90 valence electrons. The number of nitrogens with zero attached hydrogens (tertiary/aromatic N) is 1. The van der Waals surface area contributed by atoms with Crippen molar-refractivity contribution in [3.05, 3.63) is 27.6 Å². The van der Waals surface area contributed by atoms with Crippen molar-refractivity contribution in [2.24, 2.45) is 0 Å². The van der Waals surface area contributed by atoms with Crippen molar-refractivity contribution in [3.8, 4) is 0 Å². The smallest absolute Gasteiger partial charge is 0.124 e. The lowest BCUT2D eigenvalue weighted by atomic mass is 10.3. The zero-order valence-electron chi connectivity index (χ0n) is 9.37. The third-order valence-corrected chi connectivity index (χ3v) is 2.93. The molecule has 0 amide bonds. The van der Waals surface area contributed by atoms with Gasteiger partial charge >= 0.3 is 0 Å². The van der Waals surface area contributed by atoms with Crippen LogP contribution in [0.15, 0.2) is 18.2 Å². The summed E-state index contributed by atoms with van der Waals surface area (Å²) in [5.41, 5.74) is 0.847. The molecule has 0 fully saturated rings. The number of benzene rings is 1. The molecule has 5 heteroatoms. The molecule has 16 heavy (non-hydrogen) atoms. The average Bonchev–Trinajstić information content (AvgIpc) is 2.15. The van der Waals surface area contributed by atoms with E-state index in [1.165, 1.54) is 12.1 Å². The van der Waals surface area contributed by atoms with Crippen molar-refractivity contribution in [3.63, 3.8) is 0 Å². The zero-order chi connectivity index (χ0) is 12.1. The van der Waals surface area contributed by atoms with Crippen LogP contribution in [0.25, 0.3) is 0 Å². The van der Waals surface area contributed by atoms with E-state index in [9.17, 15) is 9.50 Å². The molecular weight excluding hydrogens is 322 g/mol. The second-order valence-electron chi connectivity index (χ2n) is 3.92. The minimum absolute atomic E-state index is 0.246. The van der Waals surface area contributed by atoms with Gasteiger partial charge in [-0.05, 0) is 54.9 Å². The summed E-state index contributed by atoms with van der Waals surface area (Å²) >= 11 is 2.06. The molecule has 0 bridgehead atoms. The highest BCUT2D eigenvalue weighted by Crippen LogP contribution is 2.18. The van der Waals surface area contributed by atoms with Crippen molar-refractivity contribution in [1.82, 2.24) is 4.90 Å². The van der Waals surface area contributed by atoms with Gasteiger partial charge in [0.05, 0.1) is 6.10 Å². The van der Waals surface area contributed by atoms with Gasteiger partial charge in [-0.15, -0.1) is 0 Å². The molecule has 3 nitrogen and oxygen atoms in total. The van der Waals surface area contributed by atoms with Gasteiger partial charge in [-0.1, -0.05) is 0 Å². The average molecular weight is 338 g/mol. The van der Waals surface area contributed by atoms with E-state index in [2.05, 4.69) is 27.9 Å². The Hall–Kier alpha value is -0.400. The molecule has 1 unspecified atom stereocenters. The number of rotatable bonds is 5. The van der Waals surface area contributed by atoms with Crippen LogP contribution in [-0.2, 0) is 0 Å². The fourth-order valence-electron chi connectivity index (χ4n) is 1.35. The molecule has 0 aromatic heterocycles. The first-order valence-corrected chi connectivity index (χ1v) is 6.08. The predicted molar refractivity (Wildman–Crippen MR) is 72.2 cm³/mol. The van der Waals surface area contributed by atoms with Crippen molar-refractivity contribution in [2.75, 3.05) is 32.5 Å². The first-order chi connectivity index (χ1) is 7.49. The summed E-state index contributed by atoms with van der Waals surface area (Å²) in [6.45, 7) is 1.06. The van der Waals surface area contributed by atoms with Crippen LogP contribution >= 0.6 is 22.6 Å². The molecule has 1 rings (SSSR count). The van der Waals surface area contributed by atoms with Crippen LogP contribution in [0, 0.1) is 9.39 Å². The lowest BCUT2D eigenvalue weighted by Crippen LogP contribution is -2.31. The van der Waals surface area contributed by atoms with Gasteiger partial charge in [-0.3, -0.25) is 0 Å². The van der Waals surface area contributed by atoms with Gasteiger partial charge in [-0.25, -0.2) is 4.39 Å². The maximum absolute atomic E-state index is 12.8. The number of aliphatic hydroxyl groups is 1. The normalized spacial score (nSPS) is 12.9. The molecule has 1 aromatic rings. The largest absolute Gasteiger partial charge is 0.390 e. The van der Waals surface area contributed by atoms with Gasteiger partial charge in [0.2, 0.25) is 0 Å². The highest BCUT2D eigenvalue weighted by molar-refractivity contribution is 14.1. The summed E-state index contributed by atoms with van der Waals surface area (Å²) in [5.74, 6) is -0.246. The molecule has 0 aliphatic rings. The van der Waals surface area contributed by atoms with Crippen LogP contribution in [0.2, 0.25) is 0 Å². The number of aliphatic hydroxyl groups excluding tert-OH is 1. The lowest BCUT2D eigenvalue weighted by Gasteiger charge is -2.17. The second-order valence-corrected chi connectivity index (χ2v) is 5.08. The molecule has 0 saturated heterocycles. The second kappa shape index (κ2) is 6.36. The van der Waals surface area contributed by atoms with E-state index in [0.717, 1.165) is 9.26 Å². The third-order valence-electron chi connectivity index (χ3n) is 2.04. The predicted octanol–water partition coefficient (Wildman–Crippen LogP) is 1.76. The zero-order valence-corrected chi connectivity index (χ0v) is 11.5. The number of halogens is 2. The molecule has 0 aliphatic heterocycles. The summed E-state index contributed by atoms with van der Waals surface area (Å²) in [6.07, 6.45) is -0.434. The number of nitrogens with one attached hydrogen (secondary N) is 1. The molecular formula is C11H16FIN2O. The Bertz CT molecular complexity index is 347. The number of anilines is 1. The van der Waals surface area contributed by atoms with Crippen LogP contribution in [0.3, 0.4) is 0 Å². The van der Waals surface area contributed by atoms with Gasteiger partial charge < -0.3 is 15.3 Å². The fourth-order valence-corrected chi connectivity index (χ4v) is 2.01. The standard InChI is InChI=1S/C11H16FIN2O/c1-15(2)7-9(16)6-14-11-4-3-8(12)5-10(11)13/h3-5,9,14,16H,6-7H2,1-2H3. The minimum atomic E-state index is -0.434. The molecule has 0 heterocycles. The Labute approximate surface area is 109 Å². The third kappa shape index (κ3) is 4.63. The minimum Gasteiger partial charge on any atom is -0.390 e. The first-order valence-electron chi connectivity index (χ1n) is 5.00. The van der Waals surface area contributed by atoms with E-state index in [4.69, 9.17) is 0 Å².